The van der Waals surface area contributed by atoms with Crippen molar-refractivity contribution >= 4 is 0 Å². The van der Waals surface area contributed by atoms with Crippen LogP contribution in [0.25, 0.3) is 0 Å². The van der Waals surface area contributed by atoms with Gasteiger partial charge in [-0.25, -0.2) is 0 Å². The Morgan fingerprint density at radius 1 is 1.12 bits per heavy atom. The van der Waals surface area contributed by atoms with Gasteiger partial charge in [0.05, 0.1) is 6.04 Å². The van der Waals surface area contributed by atoms with Crippen molar-refractivity contribution in [2.75, 3.05) is 0 Å². The molecule has 0 spiro atoms. The molecular formula is C14H25NO. The van der Waals surface area contributed by atoms with Gasteiger partial charge >= 0.3 is 0 Å². The van der Waals surface area contributed by atoms with Crippen molar-refractivity contribution in [2.45, 2.75) is 46.2 Å². The van der Waals surface area contributed by atoms with Crippen molar-refractivity contribution in [2.24, 2.45) is 5.92 Å². The average molecular weight is 223 g/mol. The second-order valence-corrected chi connectivity index (χ2v) is 5.26. The largest absolute Gasteiger partial charge is 0.313 e. The molecule has 16 heavy (non-hydrogen) atoms. The van der Waals surface area contributed by atoms with Gasteiger partial charge < -0.3 is 5.21 Å². The minimum Gasteiger partial charge on any atom is -0.313 e. The number of hydrogen-bond donors (Lipinski definition) is 1. The zero-order chi connectivity index (χ0) is 12.8. The Kier molecular flexibility index (Phi) is 6.31. The van der Waals surface area contributed by atoms with Crippen LogP contribution in [0.4, 0.5) is 0 Å². The highest BCUT2D eigenvalue weighted by Gasteiger charge is 2.27. The Labute approximate surface area is 99.9 Å². The molecule has 1 N–H and O–H groups in total. The summed E-state index contributed by atoms with van der Waals surface area (Å²) < 4.78 is 0. The van der Waals surface area contributed by atoms with Gasteiger partial charge in [-0.05, 0) is 26.7 Å². The van der Waals surface area contributed by atoms with Crippen molar-refractivity contribution < 1.29 is 5.21 Å². The Morgan fingerprint density at radius 2 is 1.69 bits per heavy atom. The van der Waals surface area contributed by atoms with E-state index >= 15 is 0 Å². The molecule has 0 aliphatic heterocycles. The highest BCUT2D eigenvalue weighted by atomic mass is 16.5. The second kappa shape index (κ2) is 6.66. The standard InChI is InChI=1S/C14H25NO/c1-7-8-9-10-11-13(12(2)3)15(16)14(4,5)6/h7-13,16H,1H2,2-6H3/b9-8-,11-10+. The Hall–Kier alpha value is -0.860. The predicted molar refractivity (Wildman–Crippen MR) is 70.5 cm³/mol. The molecule has 1 atom stereocenters. The van der Waals surface area contributed by atoms with Crippen molar-refractivity contribution in [3.63, 3.8) is 0 Å². The maximum absolute atomic E-state index is 10.1. The van der Waals surface area contributed by atoms with Crippen molar-refractivity contribution in [3.8, 4) is 0 Å². The SMILES string of the molecule is C=C/C=C\C=C\C(C(C)C)N(O)C(C)(C)C. The number of rotatable bonds is 5. The van der Waals surface area contributed by atoms with Gasteiger partial charge in [0.15, 0.2) is 0 Å². The third-order valence-corrected chi connectivity index (χ3v) is 2.32. The summed E-state index contributed by atoms with van der Waals surface area (Å²) >= 11 is 0. The van der Waals surface area contributed by atoms with Gasteiger partial charge in [0.25, 0.3) is 0 Å². The molecule has 2 heteroatoms. The van der Waals surface area contributed by atoms with Crippen LogP contribution in [-0.4, -0.2) is 21.9 Å². The Morgan fingerprint density at radius 3 is 2.06 bits per heavy atom. The average Bonchev–Trinajstić information content (AvgIpc) is 2.15. The highest BCUT2D eigenvalue weighted by molar-refractivity contribution is 5.11. The molecule has 2 nitrogen and oxygen atoms in total. The van der Waals surface area contributed by atoms with Gasteiger partial charge in [0.2, 0.25) is 0 Å². The van der Waals surface area contributed by atoms with Crippen molar-refractivity contribution in [1.29, 1.82) is 0 Å². The molecule has 0 radical (unpaired) electrons. The lowest BCUT2D eigenvalue weighted by atomic mass is 9.98. The van der Waals surface area contributed by atoms with Crippen molar-refractivity contribution in [1.82, 2.24) is 5.06 Å². The smallest absolute Gasteiger partial charge is 0.0562 e. The molecule has 0 rings (SSSR count). The Bertz CT molecular complexity index is 258. The number of nitrogens with zero attached hydrogens (tertiary/aromatic N) is 1. The first kappa shape index (κ1) is 15.1. The molecule has 0 aromatic rings. The van der Waals surface area contributed by atoms with Crippen LogP contribution in [0.3, 0.4) is 0 Å². The van der Waals surface area contributed by atoms with Crippen LogP contribution in [0, 0.1) is 5.92 Å². The minimum atomic E-state index is -0.249. The molecule has 92 valence electrons. The molecule has 1 unspecified atom stereocenters. The van der Waals surface area contributed by atoms with E-state index in [4.69, 9.17) is 0 Å². The highest BCUT2D eigenvalue weighted by Crippen LogP contribution is 2.20. The van der Waals surface area contributed by atoms with E-state index in [1.54, 1.807) is 6.08 Å². The molecule has 0 saturated heterocycles. The Balaban J connectivity index is 4.69. The summed E-state index contributed by atoms with van der Waals surface area (Å²) in [6.07, 6.45) is 9.47. The first-order valence-corrected chi connectivity index (χ1v) is 5.74. The van der Waals surface area contributed by atoms with Gasteiger partial charge in [-0.1, -0.05) is 50.8 Å². The van der Waals surface area contributed by atoms with Crippen LogP contribution in [0.2, 0.25) is 0 Å². The van der Waals surface area contributed by atoms with Gasteiger partial charge in [-0.2, -0.15) is 5.06 Å². The zero-order valence-corrected chi connectivity index (χ0v) is 11.1. The molecule has 0 fully saturated rings. The van der Waals surface area contributed by atoms with Crippen LogP contribution in [0.1, 0.15) is 34.6 Å². The third-order valence-electron chi connectivity index (χ3n) is 2.32. The summed E-state index contributed by atoms with van der Waals surface area (Å²) in [5.74, 6) is 0.359. The maximum atomic E-state index is 10.1. The fraction of sp³-hybridized carbons (Fsp3) is 0.571. The van der Waals surface area contributed by atoms with E-state index in [-0.39, 0.29) is 11.6 Å². The lowest BCUT2D eigenvalue weighted by Crippen LogP contribution is -2.47. The number of hydroxylamine groups is 2. The van der Waals surface area contributed by atoms with Crippen LogP contribution >= 0.6 is 0 Å². The predicted octanol–water partition coefficient (Wildman–Crippen LogP) is 3.80. The van der Waals surface area contributed by atoms with Crippen LogP contribution in [0.5, 0.6) is 0 Å². The quantitative estimate of drug-likeness (QED) is 0.566. The molecule has 0 aromatic heterocycles. The van der Waals surface area contributed by atoms with Crippen LogP contribution in [0.15, 0.2) is 37.0 Å². The van der Waals surface area contributed by atoms with Gasteiger partial charge in [-0.15, -0.1) is 0 Å². The third kappa shape index (κ3) is 5.29. The molecule has 0 bridgehead atoms. The fourth-order valence-corrected chi connectivity index (χ4v) is 1.35. The zero-order valence-electron chi connectivity index (χ0n) is 11.1. The molecule has 0 saturated carbocycles. The van der Waals surface area contributed by atoms with Gasteiger partial charge in [0.1, 0.15) is 0 Å². The first-order chi connectivity index (χ1) is 7.30. The molecule has 0 aliphatic carbocycles. The number of hydrogen-bond acceptors (Lipinski definition) is 2. The summed E-state index contributed by atoms with van der Waals surface area (Å²) in [6, 6.07) is 0.0227. The number of allylic oxidation sites excluding steroid dienone is 4. The van der Waals surface area contributed by atoms with E-state index < -0.39 is 0 Å². The first-order valence-electron chi connectivity index (χ1n) is 5.74. The lowest BCUT2D eigenvalue weighted by Gasteiger charge is -2.36. The summed E-state index contributed by atoms with van der Waals surface area (Å²) in [5.41, 5.74) is -0.249. The van der Waals surface area contributed by atoms with Gasteiger partial charge in [-0.3, -0.25) is 0 Å². The topological polar surface area (TPSA) is 23.5 Å². The van der Waals surface area contributed by atoms with Crippen LogP contribution in [-0.2, 0) is 0 Å². The van der Waals surface area contributed by atoms with E-state index in [2.05, 4.69) is 20.4 Å². The monoisotopic (exact) mass is 223 g/mol. The maximum Gasteiger partial charge on any atom is 0.0562 e. The van der Waals surface area contributed by atoms with Gasteiger partial charge in [0, 0.05) is 5.54 Å². The van der Waals surface area contributed by atoms with E-state index in [9.17, 15) is 5.21 Å². The van der Waals surface area contributed by atoms with E-state index in [0.717, 1.165) is 0 Å². The van der Waals surface area contributed by atoms with E-state index in [0.29, 0.717) is 5.92 Å². The lowest BCUT2D eigenvalue weighted by molar-refractivity contribution is -0.184. The molecule has 0 aromatic carbocycles. The van der Waals surface area contributed by atoms with Crippen LogP contribution < -0.4 is 0 Å². The minimum absolute atomic E-state index is 0.0227. The molecule has 0 heterocycles. The fourth-order valence-electron chi connectivity index (χ4n) is 1.35. The summed E-state index contributed by atoms with van der Waals surface area (Å²) in [6.45, 7) is 13.8. The molecule has 0 aliphatic rings. The molecule has 0 amide bonds. The normalized spacial score (nSPS) is 15.5. The van der Waals surface area contributed by atoms with E-state index in [1.807, 2.05) is 45.1 Å². The summed E-state index contributed by atoms with van der Waals surface area (Å²) in [7, 11) is 0. The van der Waals surface area contributed by atoms with E-state index in [1.165, 1.54) is 5.06 Å². The summed E-state index contributed by atoms with van der Waals surface area (Å²) in [4.78, 5) is 0. The van der Waals surface area contributed by atoms with Crippen molar-refractivity contribution in [3.05, 3.63) is 37.0 Å². The second-order valence-electron chi connectivity index (χ2n) is 5.26. The summed E-state index contributed by atoms with van der Waals surface area (Å²) in [5, 5.41) is 11.5. The molecular weight excluding hydrogens is 198 g/mol.